The van der Waals surface area contributed by atoms with Crippen LogP contribution in [-0.4, -0.2) is 5.91 Å². The van der Waals surface area contributed by atoms with Crippen LogP contribution >= 0.6 is 0 Å². The van der Waals surface area contributed by atoms with Crippen molar-refractivity contribution in [3.63, 3.8) is 0 Å². The summed E-state index contributed by atoms with van der Waals surface area (Å²) in [5.74, 6) is 2.92. The number of amides is 1. The van der Waals surface area contributed by atoms with Crippen LogP contribution < -0.4 is 10.6 Å². The van der Waals surface area contributed by atoms with E-state index in [-0.39, 0.29) is 5.91 Å². The van der Waals surface area contributed by atoms with E-state index in [2.05, 4.69) is 36.6 Å². The topological polar surface area (TPSA) is 41.1 Å². The molecule has 22 heavy (non-hydrogen) atoms. The molecule has 1 fully saturated rings. The Hall–Kier alpha value is -1.77. The number of anilines is 2. The first kappa shape index (κ1) is 15.1. The van der Waals surface area contributed by atoms with E-state index in [0.29, 0.717) is 11.8 Å². The summed E-state index contributed by atoms with van der Waals surface area (Å²) in [6.07, 6.45) is 6.42. The molecule has 3 heteroatoms. The third kappa shape index (κ3) is 3.18. The van der Waals surface area contributed by atoms with Crippen molar-refractivity contribution in [1.82, 2.24) is 0 Å². The smallest absolute Gasteiger partial charge is 0.221 e. The second-order valence-electron chi connectivity index (χ2n) is 7.06. The van der Waals surface area contributed by atoms with E-state index in [1.54, 1.807) is 0 Å². The molecule has 0 aliphatic heterocycles. The van der Waals surface area contributed by atoms with Gasteiger partial charge in [0.1, 0.15) is 0 Å². The van der Waals surface area contributed by atoms with E-state index in [0.717, 1.165) is 23.2 Å². The first-order chi connectivity index (χ1) is 10.5. The number of nitrogens with one attached hydrogen (secondary N) is 2. The Morgan fingerprint density at radius 1 is 1.18 bits per heavy atom. The highest BCUT2D eigenvalue weighted by Gasteiger charge is 2.38. The zero-order valence-electron chi connectivity index (χ0n) is 13.7. The number of benzene rings is 1. The molecule has 0 bridgehead atoms. The molecule has 1 amide bonds. The van der Waals surface area contributed by atoms with Crippen molar-refractivity contribution in [3.05, 3.63) is 36.0 Å². The largest absolute Gasteiger partial charge is 0.359 e. The maximum atomic E-state index is 11.2. The highest BCUT2D eigenvalue weighted by Crippen LogP contribution is 2.47. The monoisotopic (exact) mass is 298 g/mol. The van der Waals surface area contributed by atoms with Crippen molar-refractivity contribution in [2.45, 2.75) is 40.0 Å². The van der Waals surface area contributed by atoms with Gasteiger partial charge in [-0.05, 0) is 48.8 Å². The van der Waals surface area contributed by atoms with Crippen LogP contribution in [0, 0.1) is 23.7 Å². The minimum atomic E-state index is -0.0352. The van der Waals surface area contributed by atoms with Gasteiger partial charge in [-0.15, -0.1) is 0 Å². The van der Waals surface area contributed by atoms with Gasteiger partial charge in [0.15, 0.2) is 0 Å². The Bertz CT molecular complexity index is 593. The molecule has 0 aromatic heterocycles. The quantitative estimate of drug-likeness (QED) is 0.853. The summed E-state index contributed by atoms with van der Waals surface area (Å²) in [6.45, 7) is 6.25. The van der Waals surface area contributed by atoms with Crippen LogP contribution in [0.5, 0.6) is 0 Å². The van der Waals surface area contributed by atoms with Crippen molar-refractivity contribution in [1.29, 1.82) is 0 Å². The standard InChI is InChI=1S/C19H26N2O/c1-12-7-8-17-13(2)10-19(18(17)9-12)21-16-6-4-5-15(11-16)20-14(3)22/h4-6,10-13,17-18,21H,7-9H2,1-3H3,(H,20,22)/t12-,13?,17+,18-/m1/s1. The number of carbonyl (C=O) groups excluding carboxylic acids is 1. The van der Waals surface area contributed by atoms with Crippen molar-refractivity contribution in [2.75, 3.05) is 10.6 Å². The molecule has 3 rings (SSSR count). The van der Waals surface area contributed by atoms with Gasteiger partial charge in [0.2, 0.25) is 5.91 Å². The Balaban J connectivity index is 1.75. The molecule has 0 saturated heterocycles. The van der Waals surface area contributed by atoms with Gasteiger partial charge in [0.05, 0.1) is 0 Å². The number of hydrogen-bond acceptors (Lipinski definition) is 2. The Labute approximate surface area is 133 Å². The first-order valence-electron chi connectivity index (χ1n) is 8.39. The molecule has 1 saturated carbocycles. The summed E-state index contributed by atoms with van der Waals surface area (Å²) in [4.78, 5) is 11.2. The fourth-order valence-corrected chi connectivity index (χ4v) is 4.10. The minimum absolute atomic E-state index is 0.0352. The number of hydrogen-bond donors (Lipinski definition) is 2. The average Bonchev–Trinajstić information content (AvgIpc) is 2.74. The van der Waals surface area contributed by atoms with Crippen molar-refractivity contribution < 1.29 is 4.79 Å². The molecule has 2 aliphatic rings. The summed E-state index contributed by atoms with van der Waals surface area (Å²) < 4.78 is 0. The summed E-state index contributed by atoms with van der Waals surface area (Å²) in [5.41, 5.74) is 3.28. The lowest BCUT2D eigenvalue weighted by Crippen LogP contribution is -2.26. The van der Waals surface area contributed by atoms with Crippen LogP contribution in [0.4, 0.5) is 11.4 Å². The van der Waals surface area contributed by atoms with E-state index in [1.165, 1.54) is 31.9 Å². The van der Waals surface area contributed by atoms with Crippen LogP contribution in [0.3, 0.4) is 0 Å². The minimum Gasteiger partial charge on any atom is -0.359 e. The van der Waals surface area contributed by atoms with Gasteiger partial charge < -0.3 is 10.6 Å². The molecule has 0 radical (unpaired) electrons. The van der Waals surface area contributed by atoms with Gasteiger partial charge in [-0.1, -0.05) is 32.4 Å². The number of fused-ring (bicyclic) bond motifs is 1. The lowest BCUT2D eigenvalue weighted by atomic mass is 9.73. The van der Waals surface area contributed by atoms with Crippen molar-refractivity contribution >= 4 is 17.3 Å². The van der Waals surface area contributed by atoms with Gasteiger partial charge in [-0.25, -0.2) is 0 Å². The molecular formula is C19H26N2O. The second kappa shape index (κ2) is 6.15. The van der Waals surface area contributed by atoms with E-state index in [4.69, 9.17) is 0 Å². The molecule has 2 N–H and O–H groups in total. The maximum absolute atomic E-state index is 11.2. The van der Waals surface area contributed by atoms with Gasteiger partial charge >= 0.3 is 0 Å². The molecule has 0 heterocycles. The van der Waals surface area contributed by atoms with Crippen molar-refractivity contribution in [3.8, 4) is 0 Å². The number of allylic oxidation sites excluding steroid dienone is 2. The van der Waals surface area contributed by atoms with Crippen LogP contribution in [0.2, 0.25) is 0 Å². The summed E-state index contributed by atoms with van der Waals surface area (Å²) in [6, 6.07) is 7.97. The zero-order valence-corrected chi connectivity index (χ0v) is 13.7. The predicted molar refractivity (Wildman–Crippen MR) is 91.6 cm³/mol. The van der Waals surface area contributed by atoms with Gasteiger partial charge in [0.25, 0.3) is 0 Å². The molecular weight excluding hydrogens is 272 g/mol. The summed E-state index contributed by atoms with van der Waals surface area (Å²) in [7, 11) is 0. The van der Waals surface area contributed by atoms with Crippen LogP contribution in [-0.2, 0) is 4.79 Å². The molecule has 2 aliphatic carbocycles. The molecule has 0 spiro atoms. The predicted octanol–water partition coefficient (Wildman–Crippen LogP) is 4.64. The molecule has 3 nitrogen and oxygen atoms in total. The third-order valence-corrected chi connectivity index (χ3v) is 5.15. The van der Waals surface area contributed by atoms with E-state index in [9.17, 15) is 4.79 Å². The van der Waals surface area contributed by atoms with Crippen LogP contribution in [0.15, 0.2) is 36.0 Å². The van der Waals surface area contributed by atoms with E-state index < -0.39 is 0 Å². The molecule has 4 atom stereocenters. The first-order valence-corrected chi connectivity index (χ1v) is 8.39. The lowest BCUT2D eigenvalue weighted by molar-refractivity contribution is -0.114. The second-order valence-corrected chi connectivity index (χ2v) is 7.06. The Morgan fingerprint density at radius 3 is 2.73 bits per heavy atom. The van der Waals surface area contributed by atoms with Gasteiger partial charge in [-0.3, -0.25) is 4.79 Å². The Morgan fingerprint density at radius 2 is 1.95 bits per heavy atom. The Kier molecular flexibility index (Phi) is 4.23. The highest BCUT2D eigenvalue weighted by molar-refractivity contribution is 5.89. The van der Waals surface area contributed by atoms with Crippen LogP contribution in [0.25, 0.3) is 0 Å². The van der Waals surface area contributed by atoms with Gasteiger partial charge in [0, 0.05) is 29.9 Å². The fourth-order valence-electron chi connectivity index (χ4n) is 4.10. The molecule has 1 aromatic carbocycles. The van der Waals surface area contributed by atoms with Gasteiger partial charge in [-0.2, -0.15) is 0 Å². The third-order valence-electron chi connectivity index (χ3n) is 5.15. The van der Waals surface area contributed by atoms with E-state index in [1.807, 2.05) is 18.2 Å². The maximum Gasteiger partial charge on any atom is 0.221 e. The summed E-state index contributed by atoms with van der Waals surface area (Å²) >= 11 is 0. The zero-order chi connectivity index (χ0) is 15.7. The number of rotatable bonds is 3. The SMILES string of the molecule is CC(=O)Nc1cccc(NC2=CC(C)[C@@H]3CC[C@@H](C)C[C@@H]23)c1. The van der Waals surface area contributed by atoms with E-state index >= 15 is 0 Å². The molecule has 1 unspecified atom stereocenters. The summed E-state index contributed by atoms with van der Waals surface area (Å²) in [5, 5.41) is 6.46. The molecule has 118 valence electrons. The highest BCUT2D eigenvalue weighted by atomic mass is 16.1. The van der Waals surface area contributed by atoms with Crippen LogP contribution in [0.1, 0.15) is 40.0 Å². The fraction of sp³-hybridized carbons (Fsp3) is 0.526. The number of carbonyl (C=O) groups is 1. The van der Waals surface area contributed by atoms with Crippen molar-refractivity contribution in [2.24, 2.45) is 23.7 Å². The average molecular weight is 298 g/mol. The molecule has 1 aromatic rings. The lowest BCUT2D eigenvalue weighted by Gasteiger charge is -2.34. The normalized spacial score (nSPS) is 30.4.